The first-order chi connectivity index (χ1) is 11.2. The highest BCUT2D eigenvalue weighted by Crippen LogP contribution is 2.26. The van der Waals surface area contributed by atoms with Crippen molar-refractivity contribution in [3.8, 4) is 5.75 Å². The fourth-order valence-corrected chi connectivity index (χ4v) is 2.86. The SMILES string of the molecule is Clc1ccc(Cl)c(NCc2ccc(OCC3CCCO3)cc2)c1. The molecule has 0 spiro atoms. The summed E-state index contributed by atoms with van der Waals surface area (Å²) in [4.78, 5) is 0. The fraction of sp³-hybridized carbons (Fsp3) is 0.333. The molecule has 0 amide bonds. The second-order valence-electron chi connectivity index (χ2n) is 5.57. The summed E-state index contributed by atoms with van der Waals surface area (Å²) in [5.74, 6) is 0.866. The minimum absolute atomic E-state index is 0.237. The summed E-state index contributed by atoms with van der Waals surface area (Å²) in [6.07, 6.45) is 2.45. The maximum atomic E-state index is 6.14. The maximum Gasteiger partial charge on any atom is 0.119 e. The smallest absolute Gasteiger partial charge is 0.119 e. The van der Waals surface area contributed by atoms with Gasteiger partial charge in [-0.15, -0.1) is 0 Å². The van der Waals surface area contributed by atoms with Gasteiger partial charge in [-0.1, -0.05) is 35.3 Å². The molecular formula is C18H19Cl2NO2. The molecule has 1 heterocycles. The van der Waals surface area contributed by atoms with Crippen molar-refractivity contribution in [1.29, 1.82) is 0 Å². The average Bonchev–Trinajstić information content (AvgIpc) is 3.08. The molecule has 1 saturated heterocycles. The fourth-order valence-electron chi connectivity index (χ4n) is 2.50. The predicted molar refractivity (Wildman–Crippen MR) is 94.7 cm³/mol. The zero-order valence-corrected chi connectivity index (χ0v) is 14.2. The Labute approximate surface area is 146 Å². The van der Waals surface area contributed by atoms with Crippen molar-refractivity contribution < 1.29 is 9.47 Å². The summed E-state index contributed by atoms with van der Waals surface area (Å²) in [6.45, 7) is 2.15. The molecule has 1 atom stereocenters. The number of benzene rings is 2. The number of nitrogens with one attached hydrogen (secondary N) is 1. The molecule has 0 saturated carbocycles. The third kappa shape index (κ3) is 4.77. The normalized spacial score (nSPS) is 17.2. The quantitative estimate of drug-likeness (QED) is 0.779. The van der Waals surface area contributed by atoms with Crippen LogP contribution in [0, 0.1) is 0 Å². The molecule has 122 valence electrons. The molecule has 1 N–H and O–H groups in total. The van der Waals surface area contributed by atoms with Crippen molar-refractivity contribution >= 4 is 28.9 Å². The molecule has 1 fully saturated rings. The Hall–Kier alpha value is -1.42. The molecule has 1 aliphatic heterocycles. The summed E-state index contributed by atoms with van der Waals surface area (Å²) in [7, 11) is 0. The third-order valence-electron chi connectivity index (χ3n) is 3.79. The molecule has 0 radical (unpaired) electrons. The zero-order valence-electron chi connectivity index (χ0n) is 12.7. The zero-order chi connectivity index (χ0) is 16.1. The van der Waals surface area contributed by atoms with Crippen LogP contribution in [-0.2, 0) is 11.3 Å². The molecule has 3 rings (SSSR count). The van der Waals surface area contributed by atoms with Crippen LogP contribution in [0.15, 0.2) is 42.5 Å². The predicted octanol–water partition coefficient (Wildman–Crippen LogP) is 5.16. The molecule has 0 bridgehead atoms. The first-order valence-corrected chi connectivity index (χ1v) is 8.48. The Kier molecular flexibility index (Phi) is 5.65. The number of hydrogen-bond donors (Lipinski definition) is 1. The number of hydrogen-bond acceptors (Lipinski definition) is 3. The largest absolute Gasteiger partial charge is 0.491 e. The summed E-state index contributed by atoms with van der Waals surface area (Å²) < 4.78 is 11.3. The maximum absolute atomic E-state index is 6.14. The van der Waals surface area contributed by atoms with Crippen LogP contribution in [0.3, 0.4) is 0 Å². The lowest BCUT2D eigenvalue weighted by atomic mass is 10.2. The van der Waals surface area contributed by atoms with E-state index >= 15 is 0 Å². The monoisotopic (exact) mass is 351 g/mol. The highest BCUT2D eigenvalue weighted by Gasteiger charge is 2.15. The Balaban J connectivity index is 1.51. The Bertz CT molecular complexity index is 640. The van der Waals surface area contributed by atoms with E-state index in [1.54, 1.807) is 12.1 Å². The third-order valence-corrected chi connectivity index (χ3v) is 4.36. The Morgan fingerprint density at radius 1 is 1.13 bits per heavy atom. The van der Waals surface area contributed by atoms with E-state index in [1.165, 1.54) is 0 Å². The van der Waals surface area contributed by atoms with Gasteiger partial charge in [0.25, 0.3) is 0 Å². The van der Waals surface area contributed by atoms with E-state index in [-0.39, 0.29) is 6.10 Å². The first kappa shape index (κ1) is 16.4. The van der Waals surface area contributed by atoms with Gasteiger partial charge in [0.2, 0.25) is 0 Å². The summed E-state index contributed by atoms with van der Waals surface area (Å²) in [6, 6.07) is 13.4. The lowest BCUT2D eigenvalue weighted by Crippen LogP contribution is -2.16. The summed E-state index contributed by atoms with van der Waals surface area (Å²) in [5, 5.41) is 4.61. The van der Waals surface area contributed by atoms with Crippen LogP contribution in [0.25, 0.3) is 0 Å². The standard InChI is InChI=1S/C18H19Cl2NO2/c19-14-5-8-17(20)18(10-14)21-11-13-3-6-15(7-4-13)23-12-16-2-1-9-22-16/h3-8,10,16,21H,1-2,9,11-12H2. The molecule has 23 heavy (non-hydrogen) atoms. The molecule has 1 aliphatic rings. The van der Waals surface area contributed by atoms with Crippen molar-refractivity contribution in [2.75, 3.05) is 18.5 Å². The van der Waals surface area contributed by atoms with E-state index in [0.717, 1.165) is 36.4 Å². The van der Waals surface area contributed by atoms with E-state index in [2.05, 4.69) is 5.32 Å². The van der Waals surface area contributed by atoms with Crippen molar-refractivity contribution in [3.63, 3.8) is 0 Å². The lowest BCUT2D eigenvalue weighted by molar-refractivity contribution is 0.0679. The van der Waals surface area contributed by atoms with Gasteiger partial charge in [0, 0.05) is 18.2 Å². The van der Waals surface area contributed by atoms with Crippen LogP contribution in [0.1, 0.15) is 18.4 Å². The molecule has 0 aromatic heterocycles. The van der Waals surface area contributed by atoms with Crippen LogP contribution in [0.4, 0.5) is 5.69 Å². The van der Waals surface area contributed by atoms with E-state index in [4.69, 9.17) is 32.7 Å². The minimum Gasteiger partial charge on any atom is -0.491 e. The minimum atomic E-state index is 0.237. The molecule has 0 aliphatic carbocycles. The first-order valence-electron chi connectivity index (χ1n) is 7.73. The van der Waals surface area contributed by atoms with Crippen LogP contribution in [0.2, 0.25) is 10.0 Å². The van der Waals surface area contributed by atoms with E-state index in [0.29, 0.717) is 23.2 Å². The van der Waals surface area contributed by atoms with Crippen molar-refractivity contribution in [1.82, 2.24) is 0 Å². The van der Waals surface area contributed by atoms with Gasteiger partial charge in [-0.2, -0.15) is 0 Å². The Morgan fingerprint density at radius 3 is 2.70 bits per heavy atom. The molecular weight excluding hydrogens is 333 g/mol. The highest BCUT2D eigenvalue weighted by atomic mass is 35.5. The number of rotatable bonds is 6. The summed E-state index contributed by atoms with van der Waals surface area (Å²) in [5.41, 5.74) is 1.98. The van der Waals surface area contributed by atoms with Gasteiger partial charge in [0.15, 0.2) is 0 Å². The number of ether oxygens (including phenoxy) is 2. The van der Waals surface area contributed by atoms with E-state index < -0.39 is 0 Å². The van der Waals surface area contributed by atoms with Crippen molar-refractivity contribution in [2.45, 2.75) is 25.5 Å². The van der Waals surface area contributed by atoms with Gasteiger partial charge < -0.3 is 14.8 Å². The second kappa shape index (κ2) is 7.91. The van der Waals surface area contributed by atoms with Crippen molar-refractivity contribution in [3.05, 3.63) is 58.1 Å². The van der Waals surface area contributed by atoms with E-state index in [1.807, 2.05) is 30.3 Å². The lowest BCUT2D eigenvalue weighted by Gasteiger charge is -2.12. The van der Waals surface area contributed by atoms with Crippen LogP contribution in [0.5, 0.6) is 5.75 Å². The molecule has 5 heteroatoms. The van der Waals surface area contributed by atoms with Gasteiger partial charge in [-0.25, -0.2) is 0 Å². The van der Waals surface area contributed by atoms with Gasteiger partial charge in [0.1, 0.15) is 12.4 Å². The van der Waals surface area contributed by atoms with Gasteiger partial charge in [0.05, 0.1) is 16.8 Å². The van der Waals surface area contributed by atoms with Crippen LogP contribution >= 0.6 is 23.2 Å². The number of halogens is 2. The molecule has 3 nitrogen and oxygen atoms in total. The van der Waals surface area contributed by atoms with Gasteiger partial charge >= 0.3 is 0 Å². The topological polar surface area (TPSA) is 30.5 Å². The number of anilines is 1. The van der Waals surface area contributed by atoms with E-state index in [9.17, 15) is 0 Å². The van der Waals surface area contributed by atoms with Gasteiger partial charge in [-0.05, 0) is 48.7 Å². The Morgan fingerprint density at radius 2 is 1.96 bits per heavy atom. The molecule has 2 aromatic rings. The van der Waals surface area contributed by atoms with Crippen LogP contribution in [-0.4, -0.2) is 19.3 Å². The van der Waals surface area contributed by atoms with Crippen molar-refractivity contribution in [2.24, 2.45) is 0 Å². The van der Waals surface area contributed by atoms with Gasteiger partial charge in [-0.3, -0.25) is 0 Å². The average molecular weight is 352 g/mol. The second-order valence-corrected chi connectivity index (χ2v) is 6.41. The summed E-state index contributed by atoms with van der Waals surface area (Å²) >= 11 is 12.1. The molecule has 1 unspecified atom stereocenters. The molecule has 2 aromatic carbocycles. The highest BCUT2D eigenvalue weighted by molar-refractivity contribution is 6.35. The van der Waals surface area contributed by atoms with Crippen LogP contribution < -0.4 is 10.1 Å².